The number of halogens is 3. The van der Waals surface area contributed by atoms with Crippen LogP contribution < -0.4 is 4.72 Å². The Morgan fingerprint density at radius 1 is 1.35 bits per heavy atom. The van der Waals surface area contributed by atoms with Crippen molar-refractivity contribution in [3.8, 4) is 0 Å². The first-order valence-electron chi connectivity index (χ1n) is 5.37. The normalized spacial score (nSPS) is 12.3. The van der Waals surface area contributed by atoms with E-state index in [-0.39, 0.29) is 12.1 Å². The van der Waals surface area contributed by atoms with Crippen molar-refractivity contribution in [3.63, 3.8) is 0 Å². The molecular weight excluding hydrogens is 301 g/mol. The lowest BCUT2D eigenvalue weighted by Crippen LogP contribution is -2.26. The molecule has 0 unspecified atom stereocenters. The molecule has 1 rings (SSSR count). The van der Waals surface area contributed by atoms with E-state index in [1.54, 1.807) is 0 Å². The van der Waals surface area contributed by atoms with Crippen molar-refractivity contribution in [1.82, 2.24) is 9.71 Å². The van der Waals surface area contributed by atoms with E-state index in [0.717, 1.165) is 18.3 Å². The molecule has 0 aromatic carbocycles. The highest BCUT2D eigenvalue weighted by molar-refractivity contribution is 7.89. The summed E-state index contributed by atoms with van der Waals surface area (Å²) in [7, 11) is -4.04. The lowest BCUT2D eigenvalue weighted by Gasteiger charge is -2.08. The Bertz CT molecular complexity index is 569. The predicted molar refractivity (Wildman–Crippen MR) is 61.7 cm³/mol. The van der Waals surface area contributed by atoms with Gasteiger partial charge < -0.3 is 5.11 Å². The zero-order valence-electron chi connectivity index (χ0n) is 10.0. The lowest BCUT2D eigenvalue weighted by atomic mass is 10.3. The van der Waals surface area contributed by atoms with Crippen LogP contribution in [0.1, 0.15) is 23.2 Å². The van der Waals surface area contributed by atoms with Gasteiger partial charge in [0.15, 0.2) is 5.03 Å². The van der Waals surface area contributed by atoms with Gasteiger partial charge in [0.1, 0.15) is 0 Å². The van der Waals surface area contributed by atoms with Gasteiger partial charge >= 0.3 is 12.1 Å². The Morgan fingerprint density at radius 2 is 2.00 bits per heavy atom. The van der Waals surface area contributed by atoms with Gasteiger partial charge in [-0.3, -0.25) is 0 Å². The highest BCUT2D eigenvalue weighted by Gasteiger charge is 2.26. The minimum atomic E-state index is -4.34. The summed E-state index contributed by atoms with van der Waals surface area (Å²) >= 11 is 0. The van der Waals surface area contributed by atoms with Gasteiger partial charge in [-0.25, -0.2) is 22.9 Å². The van der Waals surface area contributed by atoms with Crippen LogP contribution in [0.4, 0.5) is 13.2 Å². The maximum atomic E-state index is 11.9. The van der Waals surface area contributed by atoms with Gasteiger partial charge in [0.05, 0.1) is 5.56 Å². The highest BCUT2D eigenvalue weighted by Crippen LogP contribution is 2.20. The van der Waals surface area contributed by atoms with E-state index in [1.165, 1.54) is 0 Å². The molecule has 10 heteroatoms. The number of carboxylic acids is 1. The number of carbonyl (C=O) groups is 1. The molecule has 0 saturated carbocycles. The van der Waals surface area contributed by atoms with Crippen molar-refractivity contribution >= 4 is 16.0 Å². The molecule has 0 radical (unpaired) electrons. The summed E-state index contributed by atoms with van der Waals surface area (Å²) in [4.78, 5) is 14.0. The van der Waals surface area contributed by atoms with Crippen LogP contribution in [0.3, 0.4) is 0 Å². The van der Waals surface area contributed by atoms with Crippen LogP contribution in [-0.4, -0.2) is 37.2 Å². The van der Waals surface area contributed by atoms with Crippen molar-refractivity contribution in [1.29, 1.82) is 0 Å². The molecule has 6 nitrogen and oxygen atoms in total. The molecular formula is C10H11F3N2O4S. The van der Waals surface area contributed by atoms with E-state index in [4.69, 9.17) is 5.11 Å². The maximum absolute atomic E-state index is 11.9. The number of aromatic carboxylic acids is 1. The average Bonchev–Trinajstić information content (AvgIpc) is 2.34. The molecule has 0 fully saturated rings. The lowest BCUT2D eigenvalue weighted by molar-refractivity contribution is -0.135. The Hall–Kier alpha value is -1.68. The summed E-state index contributed by atoms with van der Waals surface area (Å²) in [5.41, 5.74) is -0.193. The number of nitrogens with one attached hydrogen (secondary N) is 1. The third-order valence-electron chi connectivity index (χ3n) is 2.19. The van der Waals surface area contributed by atoms with Crippen LogP contribution >= 0.6 is 0 Å². The molecule has 0 saturated heterocycles. The zero-order chi connectivity index (χ0) is 15.4. The van der Waals surface area contributed by atoms with Crippen molar-refractivity contribution in [2.45, 2.75) is 24.0 Å². The molecule has 0 aliphatic heterocycles. The fraction of sp³-hybridized carbons (Fsp3) is 0.400. The van der Waals surface area contributed by atoms with E-state index in [0.29, 0.717) is 0 Å². The molecule has 1 heterocycles. The van der Waals surface area contributed by atoms with Crippen molar-refractivity contribution in [2.75, 3.05) is 6.54 Å². The summed E-state index contributed by atoms with van der Waals surface area (Å²) in [6.07, 6.45) is -4.98. The van der Waals surface area contributed by atoms with Gasteiger partial charge in [0.25, 0.3) is 10.0 Å². The molecule has 0 atom stereocenters. The predicted octanol–water partition coefficient (Wildman–Crippen LogP) is 1.40. The number of rotatable bonds is 6. The first-order chi connectivity index (χ1) is 9.12. The quantitative estimate of drug-likeness (QED) is 0.774. The number of hydrogen-bond acceptors (Lipinski definition) is 4. The number of hydrogen-bond donors (Lipinski definition) is 2. The van der Waals surface area contributed by atoms with Crippen LogP contribution in [0.25, 0.3) is 0 Å². The smallest absolute Gasteiger partial charge is 0.389 e. The standard InChI is InChI=1S/C10H11F3N2O4S/c11-10(12,13)4-1-5-15-20(18,19)8-3-2-7(6-14-8)9(16)17/h2-3,6,15H,1,4-5H2,(H,16,17). The van der Waals surface area contributed by atoms with Crippen LogP contribution in [0.5, 0.6) is 0 Å². The van der Waals surface area contributed by atoms with E-state index in [2.05, 4.69) is 4.98 Å². The Balaban J connectivity index is 2.62. The Morgan fingerprint density at radius 3 is 2.45 bits per heavy atom. The monoisotopic (exact) mass is 312 g/mol. The summed E-state index contributed by atoms with van der Waals surface area (Å²) in [5.74, 6) is -1.26. The van der Waals surface area contributed by atoms with E-state index >= 15 is 0 Å². The van der Waals surface area contributed by atoms with Crippen molar-refractivity contribution in [2.24, 2.45) is 0 Å². The van der Waals surface area contributed by atoms with Gasteiger partial charge in [-0.2, -0.15) is 13.2 Å². The zero-order valence-corrected chi connectivity index (χ0v) is 10.8. The fourth-order valence-corrected chi connectivity index (χ4v) is 2.23. The summed E-state index contributed by atoms with van der Waals surface area (Å²) in [6, 6.07) is 2.01. The number of alkyl halides is 3. The average molecular weight is 312 g/mol. The number of nitrogens with zero attached hydrogens (tertiary/aromatic N) is 1. The Labute approximate surface area is 112 Å². The van der Waals surface area contributed by atoms with Crippen LogP contribution in [0.2, 0.25) is 0 Å². The third-order valence-corrected chi connectivity index (χ3v) is 3.56. The summed E-state index contributed by atoms with van der Waals surface area (Å²) < 4.78 is 60.9. The number of sulfonamides is 1. The second kappa shape index (κ2) is 6.18. The summed E-state index contributed by atoms with van der Waals surface area (Å²) in [5, 5.41) is 8.17. The SMILES string of the molecule is O=C(O)c1ccc(S(=O)(=O)NCCCC(F)(F)F)nc1. The third kappa shape index (κ3) is 5.13. The van der Waals surface area contributed by atoms with E-state index < -0.39 is 40.0 Å². The van der Waals surface area contributed by atoms with Gasteiger partial charge in [0, 0.05) is 19.2 Å². The highest BCUT2D eigenvalue weighted by atomic mass is 32.2. The van der Waals surface area contributed by atoms with E-state index in [1.807, 2.05) is 4.72 Å². The largest absolute Gasteiger partial charge is 0.478 e. The van der Waals surface area contributed by atoms with Crippen LogP contribution in [-0.2, 0) is 10.0 Å². The maximum Gasteiger partial charge on any atom is 0.389 e. The van der Waals surface area contributed by atoms with Gasteiger partial charge in [0.2, 0.25) is 0 Å². The van der Waals surface area contributed by atoms with Crippen LogP contribution in [0.15, 0.2) is 23.4 Å². The Kier molecular flexibility index (Phi) is 5.06. The van der Waals surface area contributed by atoms with Crippen molar-refractivity contribution in [3.05, 3.63) is 23.9 Å². The molecule has 0 bridgehead atoms. The molecule has 0 amide bonds. The van der Waals surface area contributed by atoms with Gasteiger partial charge in [-0.05, 0) is 18.6 Å². The second-order valence-corrected chi connectivity index (χ2v) is 5.52. The minimum Gasteiger partial charge on any atom is -0.478 e. The molecule has 1 aromatic rings. The van der Waals surface area contributed by atoms with Gasteiger partial charge in [-0.15, -0.1) is 0 Å². The topological polar surface area (TPSA) is 96.4 Å². The molecule has 20 heavy (non-hydrogen) atoms. The molecule has 2 N–H and O–H groups in total. The number of pyridine rings is 1. The number of aromatic nitrogens is 1. The first-order valence-corrected chi connectivity index (χ1v) is 6.86. The molecule has 112 valence electrons. The fourth-order valence-electron chi connectivity index (χ4n) is 1.24. The van der Waals surface area contributed by atoms with E-state index in [9.17, 15) is 26.4 Å². The second-order valence-electron chi connectivity index (χ2n) is 3.81. The minimum absolute atomic E-state index is 0.193. The summed E-state index contributed by atoms with van der Waals surface area (Å²) in [6.45, 7) is -0.385. The molecule has 0 aliphatic rings. The van der Waals surface area contributed by atoms with Crippen LogP contribution in [0, 0.1) is 0 Å². The van der Waals surface area contributed by atoms with Gasteiger partial charge in [-0.1, -0.05) is 0 Å². The molecule has 0 spiro atoms. The first kappa shape index (κ1) is 16.4. The molecule has 0 aliphatic carbocycles. The van der Waals surface area contributed by atoms with Crippen molar-refractivity contribution < 1.29 is 31.5 Å². The number of carboxylic acid groups (broad SMARTS) is 1. The molecule has 1 aromatic heterocycles.